The molecular weight excluding hydrogens is 325 g/mol. The molecule has 2 rings (SSSR count). The highest BCUT2D eigenvalue weighted by Gasteiger charge is 2.23. The SMILES string of the molecule is CCOC(=O)N1CCC(NCC(=O)NCCc2ccc(F)cc2)CC1. The zero-order valence-corrected chi connectivity index (χ0v) is 14.6. The smallest absolute Gasteiger partial charge is 0.409 e. The second kappa shape index (κ2) is 9.98. The molecule has 1 saturated heterocycles. The molecule has 25 heavy (non-hydrogen) atoms. The van der Waals surface area contributed by atoms with E-state index in [2.05, 4.69) is 10.6 Å². The van der Waals surface area contributed by atoms with E-state index in [1.54, 1.807) is 24.0 Å². The third kappa shape index (κ3) is 6.70. The van der Waals surface area contributed by atoms with Crippen molar-refractivity contribution >= 4 is 12.0 Å². The molecule has 2 amide bonds. The summed E-state index contributed by atoms with van der Waals surface area (Å²) in [6.07, 6.45) is 2.02. The van der Waals surface area contributed by atoms with Crippen LogP contribution in [0.25, 0.3) is 0 Å². The average molecular weight is 351 g/mol. The molecule has 1 aliphatic heterocycles. The number of carbonyl (C=O) groups is 2. The monoisotopic (exact) mass is 351 g/mol. The molecule has 0 unspecified atom stereocenters. The number of piperidine rings is 1. The molecule has 0 radical (unpaired) electrons. The van der Waals surface area contributed by atoms with Gasteiger partial charge in [0.25, 0.3) is 0 Å². The van der Waals surface area contributed by atoms with Crippen LogP contribution in [0.4, 0.5) is 9.18 Å². The van der Waals surface area contributed by atoms with Crippen molar-refractivity contribution in [2.24, 2.45) is 0 Å². The van der Waals surface area contributed by atoms with E-state index < -0.39 is 0 Å². The first-order valence-corrected chi connectivity index (χ1v) is 8.74. The largest absolute Gasteiger partial charge is 0.450 e. The van der Waals surface area contributed by atoms with Crippen molar-refractivity contribution in [3.8, 4) is 0 Å². The van der Waals surface area contributed by atoms with Crippen LogP contribution in [0.15, 0.2) is 24.3 Å². The maximum Gasteiger partial charge on any atom is 0.409 e. The van der Waals surface area contributed by atoms with E-state index in [4.69, 9.17) is 4.74 Å². The van der Waals surface area contributed by atoms with Crippen molar-refractivity contribution in [1.82, 2.24) is 15.5 Å². The molecule has 1 aliphatic rings. The van der Waals surface area contributed by atoms with Crippen molar-refractivity contribution in [3.63, 3.8) is 0 Å². The maximum atomic E-state index is 12.8. The minimum absolute atomic E-state index is 0.0602. The molecule has 0 aromatic heterocycles. The average Bonchev–Trinajstić information content (AvgIpc) is 2.62. The number of carbonyl (C=O) groups excluding carboxylic acids is 2. The van der Waals surface area contributed by atoms with Crippen LogP contribution < -0.4 is 10.6 Å². The highest BCUT2D eigenvalue weighted by atomic mass is 19.1. The summed E-state index contributed by atoms with van der Waals surface area (Å²) in [4.78, 5) is 25.2. The number of benzene rings is 1. The highest BCUT2D eigenvalue weighted by Crippen LogP contribution is 2.11. The van der Waals surface area contributed by atoms with E-state index in [9.17, 15) is 14.0 Å². The van der Waals surface area contributed by atoms with Crippen LogP contribution >= 0.6 is 0 Å². The lowest BCUT2D eigenvalue weighted by Gasteiger charge is -2.31. The van der Waals surface area contributed by atoms with E-state index in [1.165, 1.54) is 12.1 Å². The standard InChI is InChI=1S/C18H26FN3O3/c1-2-25-18(24)22-11-8-16(9-12-22)21-13-17(23)20-10-7-14-3-5-15(19)6-4-14/h3-6,16,21H,2,7-13H2,1H3,(H,20,23). The van der Waals surface area contributed by atoms with Crippen molar-refractivity contribution in [2.45, 2.75) is 32.2 Å². The zero-order chi connectivity index (χ0) is 18.1. The quantitative estimate of drug-likeness (QED) is 0.784. The third-order valence-electron chi connectivity index (χ3n) is 4.22. The third-order valence-corrected chi connectivity index (χ3v) is 4.22. The van der Waals surface area contributed by atoms with Gasteiger partial charge < -0.3 is 20.3 Å². The van der Waals surface area contributed by atoms with Gasteiger partial charge in [-0.15, -0.1) is 0 Å². The minimum atomic E-state index is -0.264. The van der Waals surface area contributed by atoms with Crippen molar-refractivity contribution < 1.29 is 18.7 Å². The van der Waals surface area contributed by atoms with Gasteiger partial charge in [0.2, 0.25) is 5.91 Å². The molecule has 0 bridgehead atoms. The Labute approximate surface area is 147 Å². The second-order valence-electron chi connectivity index (χ2n) is 6.07. The summed E-state index contributed by atoms with van der Waals surface area (Å²) >= 11 is 0. The van der Waals surface area contributed by atoms with Gasteiger partial charge in [0.15, 0.2) is 0 Å². The fourth-order valence-electron chi connectivity index (χ4n) is 2.78. The van der Waals surface area contributed by atoms with Gasteiger partial charge in [0, 0.05) is 25.7 Å². The summed E-state index contributed by atoms with van der Waals surface area (Å²) in [5.74, 6) is -0.319. The molecular formula is C18H26FN3O3. The molecule has 2 N–H and O–H groups in total. The molecule has 0 saturated carbocycles. The van der Waals surface area contributed by atoms with E-state index in [1.807, 2.05) is 0 Å². The van der Waals surface area contributed by atoms with E-state index in [0.29, 0.717) is 32.7 Å². The molecule has 1 aromatic rings. The fraction of sp³-hybridized carbons (Fsp3) is 0.556. The summed E-state index contributed by atoms with van der Waals surface area (Å²) in [6.45, 7) is 4.24. The van der Waals surface area contributed by atoms with Crippen LogP contribution in [0.2, 0.25) is 0 Å². The van der Waals surface area contributed by atoms with Crippen LogP contribution in [-0.4, -0.2) is 55.7 Å². The summed E-state index contributed by atoms with van der Waals surface area (Å²) in [5, 5.41) is 6.08. The molecule has 6 nitrogen and oxygen atoms in total. The van der Waals surface area contributed by atoms with Crippen LogP contribution in [0.1, 0.15) is 25.3 Å². The van der Waals surface area contributed by atoms with Gasteiger partial charge in [-0.05, 0) is 43.9 Å². The number of nitrogens with zero attached hydrogens (tertiary/aromatic N) is 1. The summed E-state index contributed by atoms with van der Waals surface area (Å²) in [7, 11) is 0. The molecule has 138 valence electrons. The number of halogens is 1. The first-order chi connectivity index (χ1) is 12.1. The second-order valence-corrected chi connectivity index (χ2v) is 6.07. The summed E-state index contributed by atoms with van der Waals surface area (Å²) < 4.78 is 17.8. The summed E-state index contributed by atoms with van der Waals surface area (Å²) in [5.41, 5.74) is 0.987. The Bertz CT molecular complexity index is 557. The molecule has 1 aromatic carbocycles. The Morgan fingerprint density at radius 3 is 2.56 bits per heavy atom. The van der Waals surface area contributed by atoms with Gasteiger partial charge in [0.1, 0.15) is 5.82 Å². The number of nitrogens with one attached hydrogen (secondary N) is 2. The first-order valence-electron chi connectivity index (χ1n) is 8.74. The number of rotatable bonds is 7. The van der Waals surface area contributed by atoms with Crippen LogP contribution in [0.3, 0.4) is 0 Å². The predicted molar refractivity (Wildman–Crippen MR) is 92.7 cm³/mol. The van der Waals surface area contributed by atoms with Gasteiger partial charge in [-0.25, -0.2) is 9.18 Å². The molecule has 0 aliphatic carbocycles. The lowest BCUT2D eigenvalue weighted by Crippen LogP contribution is -2.47. The van der Waals surface area contributed by atoms with Crippen molar-refractivity contribution in [2.75, 3.05) is 32.8 Å². The molecule has 0 spiro atoms. The van der Waals surface area contributed by atoms with Crippen molar-refractivity contribution in [3.05, 3.63) is 35.6 Å². The predicted octanol–water partition coefficient (Wildman–Crippen LogP) is 1.69. The van der Waals surface area contributed by atoms with Gasteiger partial charge in [-0.2, -0.15) is 0 Å². The fourth-order valence-corrected chi connectivity index (χ4v) is 2.78. The van der Waals surface area contributed by atoms with Gasteiger partial charge in [-0.1, -0.05) is 12.1 Å². The Kier molecular flexibility index (Phi) is 7.66. The topological polar surface area (TPSA) is 70.7 Å². The maximum absolute atomic E-state index is 12.8. The van der Waals surface area contributed by atoms with Crippen LogP contribution in [0.5, 0.6) is 0 Å². The molecule has 0 atom stereocenters. The Morgan fingerprint density at radius 2 is 1.92 bits per heavy atom. The lowest BCUT2D eigenvalue weighted by molar-refractivity contribution is -0.120. The number of hydrogen-bond donors (Lipinski definition) is 2. The van der Waals surface area contributed by atoms with Crippen molar-refractivity contribution in [1.29, 1.82) is 0 Å². The number of likely N-dealkylation sites (tertiary alicyclic amines) is 1. The molecule has 1 fully saturated rings. The Balaban J connectivity index is 1.58. The van der Waals surface area contributed by atoms with E-state index >= 15 is 0 Å². The normalized spacial score (nSPS) is 15.0. The number of amides is 2. The van der Waals surface area contributed by atoms with Crippen LogP contribution in [0, 0.1) is 5.82 Å². The first kappa shape index (κ1) is 19.2. The zero-order valence-electron chi connectivity index (χ0n) is 14.6. The van der Waals surface area contributed by atoms with E-state index in [0.717, 1.165) is 18.4 Å². The molecule has 7 heteroatoms. The summed E-state index contributed by atoms with van der Waals surface area (Å²) in [6, 6.07) is 6.50. The Morgan fingerprint density at radius 1 is 1.24 bits per heavy atom. The van der Waals surface area contributed by atoms with Crippen LogP contribution in [-0.2, 0) is 16.0 Å². The lowest BCUT2D eigenvalue weighted by atomic mass is 10.1. The van der Waals surface area contributed by atoms with Gasteiger partial charge in [0.05, 0.1) is 13.2 Å². The van der Waals surface area contributed by atoms with E-state index in [-0.39, 0.29) is 30.4 Å². The number of ether oxygens (including phenoxy) is 1. The molecule has 1 heterocycles. The minimum Gasteiger partial charge on any atom is -0.450 e. The highest BCUT2D eigenvalue weighted by molar-refractivity contribution is 5.78. The van der Waals surface area contributed by atoms with Gasteiger partial charge in [-0.3, -0.25) is 4.79 Å². The number of hydrogen-bond acceptors (Lipinski definition) is 4. The van der Waals surface area contributed by atoms with Gasteiger partial charge >= 0.3 is 6.09 Å². The Hall–Kier alpha value is -2.15.